The number of rotatable bonds is 3. The van der Waals surface area contributed by atoms with Crippen molar-refractivity contribution in [3.05, 3.63) is 28.2 Å². The van der Waals surface area contributed by atoms with Gasteiger partial charge in [0.25, 0.3) is 5.91 Å². The molecular weight excluding hydrogens is 310 g/mol. The van der Waals surface area contributed by atoms with Crippen molar-refractivity contribution in [3.63, 3.8) is 0 Å². The summed E-state index contributed by atoms with van der Waals surface area (Å²) in [5, 5.41) is 22.0. The number of phenols is 1. The molecule has 2 unspecified atom stereocenters. The lowest BCUT2D eigenvalue weighted by Crippen LogP contribution is -2.32. The summed E-state index contributed by atoms with van der Waals surface area (Å²) in [6, 6.07) is 4.75. The van der Waals surface area contributed by atoms with Crippen molar-refractivity contribution < 1.29 is 15.0 Å². The Morgan fingerprint density at radius 3 is 2.89 bits per heavy atom. The maximum Gasteiger partial charge on any atom is 0.251 e. The van der Waals surface area contributed by atoms with E-state index in [1.165, 1.54) is 6.07 Å². The second-order valence-electron chi connectivity index (χ2n) is 5.06. The Kier molecular flexibility index (Phi) is 4.82. The number of benzene rings is 1. The maximum absolute atomic E-state index is 11.9. The number of nitrogens with one attached hydrogen (secondary N) is 1. The SMILES string of the molecule is O=C(NCC1CCCC(O)C1)c1ccc(Br)c(O)c1. The molecule has 1 aromatic rings. The average Bonchev–Trinajstić information content (AvgIpc) is 2.39. The van der Waals surface area contributed by atoms with Gasteiger partial charge in [0, 0.05) is 12.1 Å². The molecule has 0 bridgehead atoms. The fourth-order valence-corrected chi connectivity index (χ4v) is 2.69. The van der Waals surface area contributed by atoms with Crippen LogP contribution < -0.4 is 5.32 Å². The molecule has 2 atom stereocenters. The van der Waals surface area contributed by atoms with Gasteiger partial charge in [0.05, 0.1) is 10.6 Å². The molecule has 0 saturated heterocycles. The smallest absolute Gasteiger partial charge is 0.251 e. The van der Waals surface area contributed by atoms with E-state index in [9.17, 15) is 15.0 Å². The minimum Gasteiger partial charge on any atom is -0.507 e. The van der Waals surface area contributed by atoms with Crippen molar-refractivity contribution in [1.82, 2.24) is 5.32 Å². The van der Waals surface area contributed by atoms with Crippen LogP contribution >= 0.6 is 15.9 Å². The molecule has 2 rings (SSSR count). The van der Waals surface area contributed by atoms with Crippen molar-refractivity contribution in [3.8, 4) is 5.75 Å². The van der Waals surface area contributed by atoms with Gasteiger partial charge in [-0.3, -0.25) is 4.79 Å². The number of aliphatic hydroxyl groups excluding tert-OH is 1. The highest BCUT2D eigenvalue weighted by molar-refractivity contribution is 9.10. The normalized spacial score (nSPS) is 23.1. The van der Waals surface area contributed by atoms with Crippen LogP contribution in [0.2, 0.25) is 0 Å². The van der Waals surface area contributed by atoms with E-state index in [1.807, 2.05) is 0 Å². The summed E-state index contributed by atoms with van der Waals surface area (Å²) in [5.74, 6) is 0.209. The van der Waals surface area contributed by atoms with Gasteiger partial charge in [0.1, 0.15) is 5.75 Å². The molecule has 1 fully saturated rings. The maximum atomic E-state index is 11.9. The molecule has 3 N–H and O–H groups in total. The molecule has 0 aromatic heterocycles. The van der Waals surface area contributed by atoms with Gasteiger partial charge in [-0.2, -0.15) is 0 Å². The number of hydrogen-bond acceptors (Lipinski definition) is 3. The van der Waals surface area contributed by atoms with Crippen LogP contribution in [0.15, 0.2) is 22.7 Å². The Bertz CT molecular complexity index is 464. The minimum absolute atomic E-state index is 0.0562. The molecule has 19 heavy (non-hydrogen) atoms. The fraction of sp³-hybridized carbons (Fsp3) is 0.500. The van der Waals surface area contributed by atoms with Gasteiger partial charge in [0.15, 0.2) is 0 Å². The number of halogens is 1. The van der Waals surface area contributed by atoms with E-state index in [2.05, 4.69) is 21.2 Å². The third-order valence-electron chi connectivity index (χ3n) is 3.51. The number of hydrogen-bond donors (Lipinski definition) is 3. The summed E-state index contributed by atoms with van der Waals surface area (Å²) >= 11 is 3.18. The predicted octanol–water partition coefficient (Wildman–Crippen LogP) is 2.44. The highest BCUT2D eigenvalue weighted by atomic mass is 79.9. The van der Waals surface area contributed by atoms with Crippen molar-refractivity contribution in [1.29, 1.82) is 0 Å². The van der Waals surface area contributed by atoms with Crippen molar-refractivity contribution in [2.75, 3.05) is 6.54 Å². The van der Waals surface area contributed by atoms with Gasteiger partial charge < -0.3 is 15.5 Å². The monoisotopic (exact) mass is 327 g/mol. The van der Waals surface area contributed by atoms with Crippen LogP contribution in [0.4, 0.5) is 0 Å². The van der Waals surface area contributed by atoms with Gasteiger partial charge in [0.2, 0.25) is 0 Å². The van der Waals surface area contributed by atoms with E-state index in [0.717, 1.165) is 25.7 Å². The summed E-state index contributed by atoms with van der Waals surface area (Å²) in [5.41, 5.74) is 0.442. The number of amides is 1. The zero-order valence-corrected chi connectivity index (χ0v) is 12.2. The summed E-state index contributed by atoms with van der Waals surface area (Å²) < 4.78 is 0.569. The minimum atomic E-state index is -0.229. The van der Waals surface area contributed by atoms with E-state index >= 15 is 0 Å². The number of aliphatic hydroxyl groups is 1. The van der Waals surface area contributed by atoms with Crippen LogP contribution in [0.5, 0.6) is 5.75 Å². The van der Waals surface area contributed by atoms with E-state index in [0.29, 0.717) is 22.5 Å². The fourth-order valence-electron chi connectivity index (χ4n) is 2.44. The van der Waals surface area contributed by atoms with Gasteiger partial charge in [-0.05, 0) is 59.3 Å². The zero-order chi connectivity index (χ0) is 13.8. The van der Waals surface area contributed by atoms with E-state index in [4.69, 9.17) is 0 Å². The molecule has 0 radical (unpaired) electrons. The largest absolute Gasteiger partial charge is 0.507 e. The lowest BCUT2D eigenvalue weighted by Gasteiger charge is -2.25. The molecule has 1 saturated carbocycles. The van der Waals surface area contributed by atoms with Crippen molar-refractivity contribution in [2.45, 2.75) is 31.8 Å². The van der Waals surface area contributed by atoms with Crippen LogP contribution in [0.1, 0.15) is 36.0 Å². The third-order valence-corrected chi connectivity index (χ3v) is 4.19. The lowest BCUT2D eigenvalue weighted by molar-refractivity contribution is 0.0873. The highest BCUT2D eigenvalue weighted by Crippen LogP contribution is 2.25. The van der Waals surface area contributed by atoms with Gasteiger partial charge in [-0.15, -0.1) is 0 Å². The van der Waals surface area contributed by atoms with Crippen LogP contribution in [0, 0.1) is 5.92 Å². The Hall–Kier alpha value is -1.07. The molecule has 104 valence electrons. The predicted molar refractivity (Wildman–Crippen MR) is 76.1 cm³/mol. The van der Waals surface area contributed by atoms with Gasteiger partial charge in [-0.1, -0.05) is 6.42 Å². The van der Waals surface area contributed by atoms with E-state index in [-0.39, 0.29) is 17.8 Å². The van der Waals surface area contributed by atoms with Crippen molar-refractivity contribution >= 4 is 21.8 Å². The molecule has 1 aliphatic rings. The first-order chi connectivity index (χ1) is 9.06. The summed E-state index contributed by atoms with van der Waals surface area (Å²) in [7, 11) is 0. The highest BCUT2D eigenvalue weighted by Gasteiger charge is 2.20. The molecule has 1 amide bonds. The van der Waals surface area contributed by atoms with E-state index < -0.39 is 0 Å². The lowest BCUT2D eigenvalue weighted by atomic mass is 9.87. The summed E-state index contributed by atoms with van der Waals surface area (Å²) in [6.07, 6.45) is 3.45. The average molecular weight is 328 g/mol. The van der Waals surface area contributed by atoms with E-state index in [1.54, 1.807) is 12.1 Å². The molecule has 0 spiro atoms. The molecule has 1 aromatic carbocycles. The summed E-state index contributed by atoms with van der Waals surface area (Å²) in [4.78, 5) is 11.9. The molecule has 1 aliphatic carbocycles. The number of carbonyl (C=O) groups is 1. The molecule has 4 nitrogen and oxygen atoms in total. The number of aromatic hydroxyl groups is 1. The van der Waals surface area contributed by atoms with Crippen LogP contribution in [-0.4, -0.2) is 28.8 Å². The van der Waals surface area contributed by atoms with Crippen molar-refractivity contribution in [2.24, 2.45) is 5.92 Å². The Morgan fingerprint density at radius 1 is 1.42 bits per heavy atom. The van der Waals surface area contributed by atoms with Crippen LogP contribution in [0.25, 0.3) is 0 Å². The molecule has 0 heterocycles. The van der Waals surface area contributed by atoms with Gasteiger partial charge in [-0.25, -0.2) is 0 Å². The third kappa shape index (κ3) is 3.94. The van der Waals surface area contributed by atoms with Crippen LogP contribution in [0.3, 0.4) is 0 Å². The first-order valence-corrected chi connectivity index (χ1v) is 7.30. The quantitative estimate of drug-likeness (QED) is 0.798. The van der Waals surface area contributed by atoms with Gasteiger partial charge >= 0.3 is 0 Å². The topological polar surface area (TPSA) is 69.6 Å². The Balaban J connectivity index is 1.88. The summed E-state index contributed by atoms with van der Waals surface area (Å²) in [6.45, 7) is 0.576. The second-order valence-corrected chi connectivity index (χ2v) is 5.92. The molecule has 5 heteroatoms. The zero-order valence-electron chi connectivity index (χ0n) is 10.6. The number of phenolic OH excluding ortho intramolecular Hbond substituents is 1. The van der Waals surface area contributed by atoms with Crippen LogP contribution in [-0.2, 0) is 0 Å². The second kappa shape index (κ2) is 6.39. The standard InChI is InChI=1S/C14H18BrNO3/c15-12-5-4-10(7-13(12)18)14(19)16-8-9-2-1-3-11(17)6-9/h4-5,7,9,11,17-18H,1-3,6,8H2,(H,16,19). The first-order valence-electron chi connectivity index (χ1n) is 6.51. The Labute approximate surface area is 121 Å². The molecule has 0 aliphatic heterocycles. The molecular formula is C14H18BrNO3. The first kappa shape index (κ1) is 14.3. The number of carbonyl (C=O) groups excluding carboxylic acids is 1. The Morgan fingerprint density at radius 2 is 2.21 bits per heavy atom.